The van der Waals surface area contributed by atoms with Crippen LogP contribution in [0.15, 0.2) is 36.6 Å². The van der Waals surface area contributed by atoms with Crippen LogP contribution in [0.2, 0.25) is 0 Å². The van der Waals surface area contributed by atoms with Crippen LogP contribution in [0.5, 0.6) is 0 Å². The molecule has 0 aliphatic carbocycles. The van der Waals surface area contributed by atoms with Crippen molar-refractivity contribution in [2.45, 2.75) is 32.2 Å². The zero-order chi connectivity index (χ0) is 11.8. The lowest BCUT2D eigenvalue weighted by Crippen LogP contribution is -2.37. The zero-order valence-electron chi connectivity index (χ0n) is 9.74. The Hall–Kier alpha value is -1.51. The van der Waals surface area contributed by atoms with Gasteiger partial charge in [0.05, 0.1) is 0 Å². The molecule has 0 spiro atoms. The molecule has 0 aromatic rings. The van der Waals surface area contributed by atoms with Gasteiger partial charge in [-0.15, -0.1) is 6.58 Å². The van der Waals surface area contributed by atoms with Crippen molar-refractivity contribution in [3.05, 3.63) is 36.6 Å². The van der Waals surface area contributed by atoms with Gasteiger partial charge in [-0.05, 0) is 32.3 Å². The van der Waals surface area contributed by atoms with Gasteiger partial charge in [-0.2, -0.15) is 0 Å². The first-order valence-corrected chi connectivity index (χ1v) is 5.63. The second-order valence-corrected chi connectivity index (χ2v) is 3.83. The number of nitrogens with one attached hydrogen (secondary N) is 1. The molecule has 0 saturated heterocycles. The van der Waals surface area contributed by atoms with Gasteiger partial charge in [-0.1, -0.05) is 18.2 Å². The summed E-state index contributed by atoms with van der Waals surface area (Å²) in [6.07, 6.45) is 10.5. The van der Waals surface area contributed by atoms with E-state index in [-0.39, 0.29) is 11.9 Å². The van der Waals surface area contributed by atoms with Crippen LogP contribution in [-0.2, 0) is 9.53 Å². The minimum atomic E-state index is -0.113. The summed E-state index contributed by atoms with van der Waals surface area (Å²) in [5.74, 6) is 0.324. The van der Waals surface area contributed by atoms with E-state index in [0.29, 0.717) is 12.4 Å². The molecule has 16 heavy (non-hydrogen) atoms. The van der Waals surface area contributed by atoms with Crippen molar-refractivity contribution in [1.82, 2.24) is 5.32 Å². The van der Waals surface area contributed by atoms with E-state index in [0.717, 1.165) is 19.3 Å². The van der Waals surface area contributed by atoms with Crippen molar-refractivity contribution in [2.75, 3.05) is 6.61 Å². The Labute approximate surface area is 96.9 Å². The molecule has 0 fully saturated rings. The first-order valence-electron chi connectivity index (χ1n) is 5.63. The van der Waals surface area contributed by atoms with Gasteiger partial charge in [0.15, 0.2) is 5.76 Å². The Morgan fingerprint density at radius 2 is 2.38 bits per heavy atom. The molecule has 0 radical (unpaired) electrons. The average Bonchev–Trinajstić information content (AvgIpc) is 2.26. The van der Waals surface area contributed by atoms with Crippen molar-refractivity contribution in [1.29, 1.82) is 0 Å². The topological polar surface area (TPSA) is 38.3 Å². The smallest absolute Gasteiger partial charge is 0.286 e. The normalized spacial score (nSPS) is 20.4. The first kappa shape index (κ1) is 12.6. The molecule has 1 heterocycles. The fourth-order valence-corrected chi connectivity index (χ4v) is 1.39. The molecule has 1 atom stereocenters. The van der Waals surface area contributed by atoms with E-state index in [1.54, 1.807) is 0 Å². The molecule has 1 N–H and O–H groups in total. The number of unbranched alkanes of at least 4 members (excludes halogenated alkanes) is 1. The summed E-state index contributed by atoms with van der Waals surface area (Å²) in [6.45, 7) is 6.06. The summed E-state index contributed by atoms with van der Waals surface area (Å²) in [5.41, 5.74) is 0. The molecule has 1 aliphatic rings. The zero-order valence-corrected chi connectivity index (χ0v) is 9.74. The van der Waals surface area contributed by atoms with E-state index >= 15 is 0 Å². The highest BCUT2D eigenvalue weighted by molar-refractivity contribution is 5.92. The van der Waals surface area contributed by atoms with Crippen molar-refractivity contribution in [3.63, 3.8) is 0 Å². The van der Waals surface area contributed by atoms with Gasteiger partial charge in [-0.25, -0.2) is 0 Å². The fourth-order valence-electron chi connectivity index (χ4n) is 1.39. The molecule has 1 unspecified atom stereocenters. The quantitative estimate of drug-likeness (QED) is 0.552. The molecule has 0 aromatic carbocycles. The number of hydrogen-bond acceptors (Lipinski definition) is 2. The monoisotopic (exact) mass is 221 g/mol. The fraction of sp³-hybridized carbons (Fsp3) is 0.462. The summed E-state index contributed by atoms with van der Waals surface area (Å²) in [7, 11) is 0. The third kappa shape index (κ3) is 4.34. The highest BCUT2D eigenvalue weighted by atomic mass is 16.5. The second kappa shape index (κ2) is 6.88. The van der Waals surface area contributed by atoms with E-state index in [1.165, 1.54) is 0 Å². The standard InChI is InChI=1S/C13H19NO2/c1-3-4-5-6-7-10-16-12-9-8-11(2)14-13(12)15/h3,6-7,9,11H,1,4-5,8,10H2,2H3,(H,14,15)/b7-6+. The van der Waals surface area contributed by atoms with E-state index < -0.39 is 0 Å². The van der Waals surface area contributed by atoms with Crippen LogP contribution in [0.3, 0.4) is 0 Å². The maximum atomic E-state index is 11.4. The predicted octanol–water partition coefficient (Wildman–Crippen LogP) is 2.32. The number of allylic oxidation sites excluding steroid dienone is 2. The molecule has 1 amide bonds. The van der Waals surface area contributed by atoms with E-state index in [2.05, 4.69) is 11.9 Å². The van der Waals surface area contributed by atoms with Crippen LogP contribution < -0.4 is 5.32 Å². The first-order chi connectivity index (χ1) is 7.74. The summed E-state index contributed by atoms with van der Waals surface area (Å²) in [5, 5.41) is 2.82. The van der Waals surface area contributed by atoms with Gasteiger partial charge in [0.1, 0.15) is 6.61 Å². The Kier molecular flexibility index (Phi) is 5.40. The summed E-state index contributed by atoms with van der Waals surface area (Å²) in [4.78, 5) is 11.4. The van der Waals surface area contributed by atoms with E-state index in [1.807, 2.05) is 31.2 Å². The molecule has 88 valence electrons. The van der Waals surface area contributed by atoms with Crippen LogP contribution in [-0.4, -0.2) is 18.6 Å². The van der Waals surface area contributed by atoms with Crippen LogP contribution in [0, 0.1) is 0 Å². The highest BCUT2D eigenvalue weighted by Crippen LogP contribution is 2.08. The molecule has 0 bridgehead atoms. The second-order valence-electron chi connectivity index (χ2n) is 3.83. The minimum absolute atomic E-state index is 0.113. The molecule has 1 aliphatic heterocycles. The SMILES string of the molecule is C=CCC/C=C/COC1=CCC(C)NC1=O. The number of amides is 1. The van der Waals surface area contributed by atoms with E-state index in [4.69, 9.17) is 4.74 Å². The summed E-state index contributed by atoms with van der Waals surface area (Å²) < 4.78 is 5.36. The van der Waals surface area contributed by atoms with Gasteiger partial charge >= 0.3 is 0 Å². The number of hydrogen-bond donors (Lipinski definition) is 1. The van der Waals surface area contributed by atoms with Crippen molar-refractivity contribution >= 4 is 5.91 Å². The summed E-state index contributed by atoms with van der Waals surface area (Å²) >= 11 is 0. The summed E-state index contributed by atoms with van der Waals surface area (Å²) in [6, 6.07) is 0.211. The molecule has 1 rings (SSSR count). The van der Waals surface area contributed by atoms with Crippen molar-refractivity contribution < 1.29 is 9.53 Å². The van der Waals surface area contributed by atoms with Crippen LogP contribution in [0.4, 0.5) is 0 Å². The van der Waals surface area contributed by atoms with Crippen LogP contribution in [0.1, 0.15) is 26.2 Å². The lowest BCUT2D eigenvalue weighted by Gasteiger charge is -2.19. The van der Waals surface area contributed by atoms with Gasteiger partial charge < -0.3 is 10.1 Å². The van der Waals surface area contributed by atoms with Crippen LogP contribution in [0.25, 0.3) is 0 Å². The largest absolute Gasteiger partial charge is 0.484 e. The highest BCUT2D eigenvalue weighted by Gasteiger charge is 2.17. The number of carbonyl (C=O) groups is 1. The maximum Gasteiger partial charge on any atom is 0.286 e. The lowest BCUT2D eigenvalue weighted by molar-refractivity contribution is -0.121. The van der Waals surface area contributed by atoms with Crippen molar-refractivity contribution in [3.8, 4) is 0 Å². The van der Waals surface area contributed by atoms with Gasteiger partial charge in [0.2, 0.25) is 0 Å². The number of ether oxygens (including phenoxy) is 1. The van der Waals surface area contributed by atoms with Gasteiger partial charge in [-0.3, -0.25) is 4.79 Å². The third-order valence-corrected chi connectivity index (χ3v) is 2.30. The Morgan fingerprint density at radius 3 is 3.06 bits per heavy atom. The lowest BCUT2D eigenvalue weighted by atomic mass is 10.1. The van der Waals surface area contributed by atoms with Gasteiger partial charge in [0.25, 0.3) is 5.91 Å². The molecular weight excluding hydrogens is 202 g/mol. The van der Waals surface area contributed by atoms with Crippen LogP contribution >= 0.6 is 0 Å². The Morgan fingerprint density at radius 1 is 1.56 bits per heavy atom. The number of rotatable bonds is 6. The molecular formula is C13H19NO2. The Bertz CT molecular complexity index is 305. The Balaban J connectivity index is 2.24. The predicted molar refractivity (Wildman–Crippen MR) is 64.8 cm³/mol. The molecule has 3 nitrogen and oxygen atoms in total. The average molecular weight is 221 g/mol. The van der Waals surface area contributed by atoms with Gasteiger partial charge in [0, 0.05) is 6.04 Å². The molecule has 3 heteroatoms. The molecule has 0 saturated carbocycles. The third-order valence-electron chi connectivity index (χ3n) is 2.30. The van der Waals surface area contributed by atoms with Crippen molar-refractivity contribution in [2.24, 2.45) is 0 Å². The number of carbonyl (C=O) groups excluding carboxylic acids is 1. The van der Waals surface area contributed by atoms with E-state index in [9.17, 15) is 4.79 Å². The minimum Gasteiger partial charge on any atom is -0.484 e. The maximum absolute atomic E-state index is 11.4. The molecule has 0 aromatic heterocycles.